The van der Waals surface area contributed by atoms with E-state index >= 15 is 0 Å². The third kappa shape index (κ3) is 4.97. The van der Waals surface area contributed by atoms with Gasteiger partial charge >= 0.3 is 0 Å². The van der Waals surface area contributed by atoms with Crippen LogP contribution < -0.4 is 5.32 Å². The van der Waals surface area contributed by atoms with Crippen LogP contribution in [0, 0.1) is 5.92 Å². The molecule has 0 saturated carbocycles. The smallest absolute Gasteiger partial charge is 0.0732 e. The molecule has 1 fully saturated rings. The van der Waals surface area contributed by atoms with Gasteiger partial charge in [-0.2, -0.15) is 0 Å². The molecule has 1 rings (SSSR count). The topological polar surface area (TPSA) is 21.3 Å². The zero-order valence-corrected chi connectivity index (χ0v) is 12.2. The van der Waals surface area contributed by atoms with Gasteiger partial charge in [0.1, 0.15) is 0 Å². The van der Waals surface area contributed by atoms with Crippen LogP contribution in [-0.4, -0.2) is 24.8 Å². The van der Waals surface area contributed by atoms with Gasteiger partial charge in [-0.05, 0) is 45.1 Å². The molecule has 2 heteroatoms. The summed E-state index contributed by atoms with van der Waals surface area (Å²) >= 11 is 0. The van der Waals surface area contributed by atoms with Gasteiger partial charge in [0.15, 0.2) is 0 Å². The Kier molecular flexibility index (Phi) is 7.14. The summed E-state index contributed by atoms with van der Waals surface area (Å²) in [6.45, 7) is 10.2. The van der Waals surface area contributed by atoms with Crippen molar-refractivity contribution in [3.05, 3.63) is 0 Å². The summed E-state index contributed by atoms with van der Waals surface area (Å²) in [7, 11) is 0. The molecular formula is C15H31NO. The summed E-state index contributed by atoms with van der Waals surface area (Å²) in [6.07, 6.45) is 8.48. The molecule has 1 aliphatic heterocycles. The van der Waals surface area contributed by atoms with Crippen molar-refractivity contribution in [2.75, 3.05) is 6.54 Å². The van der Waals surface area contributed by atoms with Crippen LogP contribution in [0.1, 0.15) is 66.2 Å². The van der Waals surface area contributed by atoms with Crippen LogP contribution in [0.3, 0.4) is 0 Å². The number of hydrogen-bond acceptors (Lipinski definition) is 2. The molecule has 0 bridgehead atoms. The second-order valence-electron chi connectivity index (χ2n) is 5.54. The lowest BCUT2D eigenvalue weighted by Crippen LogP contribution is -2.41. The maximum atomic E-state index is 6.05. The van der Waals surface area contributed by atoms with Gasteiger partial charge in [0.05, 0.1) is 12.2 Å². The van der Waals surface area contributed by atoms with Gasteiger partial charge < -0.3 is 10.1 Å². The highest BCUT2D eigenvalue weighted by molar-refractivity contribution is 4.84. The van der Waals surface area contributed by atoms with E-state index in [1.807, 2.05) is 0 Å². The molecule has 3 unspecified atom stereocenters. The highest BCUT2D eigenvalue weighted by Gasteiger charge is 2.30. The fourth-order valence-corrected chi connectivity index (χ4v) is 2.81. The first-order chi connectivity index (χ1) is 8.21. The van der Waals surface area contributed by atoms with Crippen LogP contribution in [0.5, 0.6) is 0 Å². The van der Waals surface area contributed by atoms with E-state index in [0.29, 0.717) is 18.2 Å². The first kappa shape index (κ1) is 15.0. The Hall–Kier alpha value is -0.0800. The van der Waals surface area contributed by atoms with E-state index in [0.717, 1.165) is 12.5 Å². The van der Waals surface area contributed by atoms with Crippen LogP contribution in [0.25, 0.3) is 0 Å². The average molecular weight is 241 g/mol. The number of ether oxygens (including phenoxy) is 1. The third-order valence-electron chi connectivity index (χ3n) is 4.11. The minimum absolute atomic E-state index is 0.456. The molecule has 3 atom stereocenters. The molecule has 0 aromatic carbocycles. The zero-order chi connectivity index (χ0) is 12.7. The lowest BCUT2D eigenvalue weighted by Gasteiger charge is -2.28. The van der Waals surface area contributed by atoms with Gasteiger partial charge in [-0.3, -0.25) is 0 Å². The SMILES string of the molecule is CCCNC(CC(CC)CC)C1CCC(C)O1. The van der Waals surface area contributed by atoms with Crippen molar-refractivity contribution in [2.24, 2.45) is 5.92 Å². The zero-order valence-electron chi connectivity index (χ0n) is 12.2. The Morgan fingerprint density at radius 3 is 2.35 bits per heavy atom. The van der Waals surface area contributed by atoms with Gasteiger partial charge in [0, 0.05) is 6.04 Å². The van der Waals surface area contributed by atoms with E-state index in [-0.39, 0.29) is 0 Å². The average Bonchev–Trinajstić information content (AvgIpc) is 2.76. The summed E-state index contributed by atoms with van der Waals surface area (Å²) in [5.74, 6) is 0.851. The van der Waals surface area contributed by atoms with Crippen molar-refractivity contribution in [2.45, 2.75) is 84.5 Å². The summed E-state index contributed by atoms with van der Waals surface area (Å²) in [5, 5.41) is 3.71. The first-order valence-electron chi connectivity index (χ1n) is 7.60. The van der Waals surface area contributed by atoms with Gasteiger partial charge in [-0.1, -0.05) is 33.6 Å². The Morgan fingerprint density at radius 2 is 1.88 bits per heavy atom. The maximum Gasteiger partial charge on any atom is 0.0732 e. The van der Waals surface area contributed by atoms with Crippen molar-refractivity contribution in [3.63, 3.8) is 0 Å². The molecule has 0 radical (unpaired) electrons. The fourth-order valence-electron chi connectivity index (χ4n) is 2.81. The first-order valence-corrected chi connectivity index (χ1v) is 7.60. The molecular weight excluding hydrogens is 210 g/mol. The predicted octanol–water partition coefficient (Wildman–Crippen LogP) is 3.75. The summed E-state index contributed by atoms with van der Waals surface area (Å²) < 4.78 is 6.05. The second kappa shape index (κ2) is 8.10. The van der Waals surface area contributed by atoms with Gasteiger partial charge in [-0.25, -0.2) is 0 Å². The van der Waals surface area contributed by atoms with Gasteiger partial charge in [0.2, 0.25) is 0 Å². The standard InChI is InChI=1S/C15H31NO/c1-5-10-16-14(11-13(6-2)7-3)15-9-8-12(4)17-15/h12-16H,5-11H2,1-4H3. The molecule has 102 valence electrons. The van der Waals surface area contributed by atoms with Crippen LogP contribution in [0.2, 0.25) is 0 Å². The second-order valence-corrected chi connectivity index (χ2v) is 5.54. The normalized spacial score (nSPS) is 26.6. The van der Waals surface area contributed by atoms with Crippen LogP contribution in [0.4, 0.5) is 0 Å². The Bertz CT molecular complexity index is 191. The van der Waals surface area contributed by atoms with E-state index in [4.69, 9.17) is 4.74 Å². The monoisotopic (exact) mass is 241 g/mol. The van der Waals surface area contributed by atoms with Gasteiger partial charge in [-0.15, -0.1) is 0 Å². The minimum atomic E-state index is 0.456. The van der Waals surface area contributed by atoms with Crippen LogP contribution in [-0.2, 0) is 4.74 Å². The number of hydrogen-bond donors (Lipinski definition) is 1. The van der Waals surface area contributed by atoms with E-state index in [1.54, 1.807) is 0 Å². The highest BCUT2D eigenvalue weighted by Crippen LogP contribution is 2.26. The Labute approximate surface area is 108 Å². The lowest BCUT2D eigenvalue weighted by molar-refractivity contribution is 0.0259. The highest BCUT2D eigenvalue weighted by atomic mass is 16.5. The molecule has 1 saturated heterocycles. The maximum absolute atomic E-state index is 6.05. The fraction of sp³-hybridized carbons (Fsp3) is 1.00. The van der Waals surface area contributed by atoms with E-state index in [1.165, 1.54) is 38.5 Å². The van der Waals surface area contributed by atoms with E-state index < -0.39 is 0 Å². The van der Waals surface area contributed by atoms with Gasteiger partial charge in [0.25, 0.3) is 0 Å². The Balaban J connectivity index is 2.47. The van der Waals surface area contributed by atoms with Crippen molar-refractivity contribution >= 4 is 0 Å². The molecule has 0 spiro atoms. The molecule has 17 heavy (non-hydrogen) atoms. The molecule has 2 nitrogen and oxygen atoms in total. The molecule has 0 aromatic heterocycles. The van der Waals surface area contributed by atoms with Crippen LogP contribution >= 0.6 is 0 Å². The lowest BCUT2D eigenvalue weighted by atomic mass is 9.91. The summed E-state index contributed by atoms with van der Waals surface area (Å²) in [5.41, 5.74) is 0. The quantitative estimate of drug-likeness (QED) is 0.699. The molecule has 0 amide bonds. The molecule has 1 N–H and O–H groups in total. The van der Waals surface area contributed by atoms with Crippen molar-refractivity contribution in [3.8, 4) is 0 Å². The van der Waals surface area contributed by atoms with Crippen LogP contribution in [0.15, 0.2) is 0 Å². The molecule has 1 aliphatic rings. The molecule has 1 heterocycles. The minimum Gasteiger partial charge on any atom is -0.374 e. The predicted molar refractivity (Wildman–Crippen MR) is 74.3 cm³/mol. The largest absolute Gasteiger partial charge is 0.374 e. The van der Waals surface area contributed by atoms with E-state index in [2.05, 4.69) is 33.0 Å². The van der Waals surface area contributed by atoms with Crippen molar-refractivity contribution < 1.29 is 4.74 Å². The number of rotatable bonds is 8. The summed E-state index contributed by atoms with van der Waals surface area (Å²) in [6, 6.07) is 0.574. The van der Waals surface area contributed by atoms with Crippen molar-refractivity contribution in [1.29, 1.82) is 0 Å². The number of nitrogens with one attached hydrogen (secondary N) is 1. The summed E-state index contributed by atoms with van der Waals surface area (Å²) in [4.78, 5) is 0. The van der Waals surface area contributed by atoms with E-state index in [9.17, 15) is 0 Å². The molecule has 0 aliphatic carbocycles. The Morgan fingerprint density at radius 1 is 1.18 bits per heavy atom. The third-order valence-corrected chi connectivity index (χ3v) is 4.11. The van der Waals surface area contributed by atoms with Crippen molar-refractivity contribution in [1.82, 2.24) is 5.32 Å². The molecule has 0 aromatic rings.